The highest BCUT2D eigenvalue weighted by molar-refractivity contribution is 7.89. The molecule has 0 bridgehead atoms. The smallest absolute Gasteiger partial charge is 0.325 e. The Morgan fingerprint density at radius 3 is 2.43 bits per heavy atom. The second-order valence-electron chi connectivity index (χ2n) is 4.45. The third-order valence-electron chi connectivity index (χ3n) is 2.79. The van der Waals surface area contributed by atoms with Gasteiger partial charge in [0.15, 0.2) is 0 Å². The van der Waals surface area contributed by atoms with Crippen LogP contribution in [0.1, 0.15) is 6.92 Å². The molecule has 118 valence electrons. The highest BCUT2D eigenvalue weighted by Gasteiger charge is 2.18. The lowest BCUT2D eigenvalue weighted by atomic mass is 10.2. The van der Waals surface area contributed by atoms with E-state index in [9.17, 15) is 13.2 Å². The maximum Gasteiger partial charge on any atom is 0.325 e. The minimum Gasteiger partial charge on any atom is -0.468 e. The van der Waals surface area contributed by atoms with Crippen LogP contribution in [0.2, 0.25) is 0 Å². The van der Waals surface area contributed by atoms with Gasteiger partial charge >= 0.3 is 5.97 Å². The zero-order valence-corrected chi connectivity index (χ0v) is 13.5. The Morgan fingerprint density at radius 1 is 1.24 bits per heavy atom. The number of hydrogen-bond acceptors (Lipinski definition) is 6. The second kappa shape index (κ2) is 7.28. The van der Waals surface area contributed by atoms with Crippen LogP contribution >= 0.6 is 0 Å². The number of sulfonamides is 1. The molecule has 0 aliphatic rings. The average molecular weight is 315 g/mol. The van der Waals surface area contributed by atoms with Crippen molar-refractivity contribution < 1.29 is 17.9 Å². The van der Waals surface area contributed by atoms with E-state index in [-0.39, 0.29) is 11.4 Å². The lowest BCUT2D eigenvalue weighted by Crippen LogP contribution is -2.22. The summed E-state index contributed by atoms with van der Waals surface area (Å²) < 4.78 is 30.0. The van der Waals surface area contributed by atoms with E-state index in [0.29, 0.717) is 12.2 Å². The van der Waals surface area contributed by atoms with Gasteiger partial charge in [-0.25, -0.2) is 12.7 Å². The summed E-state index contributed by atoms with van der Waals surface area (Å²) in [6.45, 7) is 2.56. The molecule has 0 saturated carbocycles. The van der Waals surface area contributed by atoms with Crippen molar-refractivity contribution in [2.24, 2.45) is 0 Å². The fourth-order valence-corrected chi connectivity index (χ4v) is 2.55. The number of anilines is 2. The van der Waals surface area contributed by atoms with Gasteiger partial charge in [-0.2, -0.15) is 0 Å². The van der Waals surface area contributed by atoms with Gasteiger partial charge in [0, 0.05) is 20.6 Å². The molecule has 0 aliphatic carbocycles. The summed E-state index contributed by atoms with van der Waals surface area (Å²) in [5, 5.41) is 5.98. The zero-order valence-electron chi connectivity index (χ0n) is 12.6. The van der Waals surface area contributed by atoms with Crippen LogP contribution in [-0.2, 0) is 19.6 Å². The molecule has 1 aromatic carbocycles. The van der Waals surface area contributed by atoms with E-state index in [4.69, 9.17) is 0 Å². The Labute approximate surface area is 125 Å². The largest absolute Gasteiger partial charge is 0.468 e. The summed E-state index contributed by atoms with van der Waals surface area (Å²) in [6, 6.07) is 4.69. The van der Waals surface area contributed by atoms with Crippen LogP contribution in [0.4, 0.5) is 11.4 Å². The second-order valence-corrected chi connectivity index (χ2v) is 6.61. The number of rotatable bonds is 7. The van der Waals surface area contributed by atoms with E-state index in [1.165, 1.54) is 33.3 Å². The van der Waals surface area contributed by atoms with Gasteiger partial charge in [0.05, 0.1) is 23.4 Å². The lowest BCUT2D eigenvalue weighted by Gasteiger charge is -2.16. The molecule has 0 unspecified atom stereocenters. The normalized spacial score (nSPS) is 11.3. The van der Waals surface area contributed by atoms with Crippen LogP contribution in [0.3, 0.4) is 0 Å². The first kappa shape index (κ1) is 17.3. The third-order valence-corrected chi connectivity index (χ3v) is 4.60. The van der Waals surface area contributed by atoms with E-state index in [0.717, 1.165) is 9.99 Å². The molecule has 21 heavy (non-hydrogen) atoms. The molecule has 1 rings (SSSR count). The topological polar surface area (TPSA) is 87.7 Å². The first-order valence-corrected chi connectivity index (χ1v) is 7.88. The first-order valence-electron chi connectivity index (χ1n) is 6.44. The number of ether oxygens (including phenoxy) is 1. The van der Waals surface area contributed by atoms with Gasteiger partial charge in [-0.15, -0.1) is 0 Å². The molecule has 0 radical (unpaired) electrons. The molecule has 7 nitrogen and oxygen atoms in total. The van der Waals surface area contributed by atoms with Crippen LogP contribution in [0.15, 0.2) is 23.1 Å². The van der Waals surface area contributed by atoms with E-state index >= 15 is 0 Å². The number of hydrogen-bond donors (Lipinski definition) is 2. The standard InChI is InChI=1S/C13H21N3O4S/c1-5-14-11-7-6-10(21(18,19)16(2)3)8-12(11)15-9-13(17)20-4/h6-8,14-15H,5,9H2,1-4H3. The molecule has 0 heterocycles. The summed E-state index contributed by atoms with van der Waals surface area (Å²) in [7, 11) is 0.703. The summed E-state index contributed by atoms with van der Waals surface area (Å²) >= 11 is 0. The Bertz CT molecular complexity index is 599. The van der Waals surface area contributed by atoms with Gasteiger partial charge in [0.2, 0.25) is 10.0 Å². The predicted molar refractivity (Wildman–Crippen MR) is 82.0 cm³/mol. The molecule has 0 fully saturated rings. The zero-order chi connectivity index (χ0) is 16.0. The van der Waals surface area contributed by atoms with Crippen LogP contribution in [0.5, 0.6) is 0 Å². The molecule has 0 aromatic heterocycles. The monoisotopic (exact) mass is 315 g/mol. The number of esters is 1. The number of benzene rings is 1. The minimum absolute atomic E-state index is 0.0413. The molecule has 0 aliphatic heterocycles. The Hall–Kier alpha value is -1.80. The summed E-state index contributed by atoms with van der Waals surface area (Å²) in [5.74, 6) is -0.432. The van der Waals surface area contributed by atoms with E-state index in [2.05, 4.69) is 15.4 Å². The Kier molecular flexibility index (Phi) is 5.98. The number of methoxy groups -OCH3 is 1. The predicted octanol–water partition coefficient (Wildman–Crippen LogP) is 0.954. The fourth-order valence-electron chi connectivity index (χ4n) is 1.63. The van der Waals surface area contributed by atoms with E-state index < -0.39 is 16.0 Å². The Balaban J connectivity index is 3.14. The van der Waals surface area contributed by atoms with Gasteiger partial charge < -0.3 is 15.4 Å². The fraction of sp³-hybridized carbons (Fsp3) is 0.462. The van der Waals surface area contributed by atoms with Gasteiger partial charge in [-0.05, 0) is 25.1 Å². The van der Waals surface area contributed by atoms with Crippen LogP contribution in [0.25, 0.3) is 0 Å². The van der Waals surface area contributed by atoms with Crippen LogP contribution in [-0.4, -0.2) is 53.0 Å². The molecule has 0 spiro atoms. The molecule has 2 N–H and O–H groups in total. The van der Waals surface area contributed by atoms with Crippen molar-refractivity contribution in [3.05, 3.63) is 18.2 Å². The molecular weight excluding hydrogens is 294 g/mol. The highest BCUT2D eigenvalue weighted by Crippen LogP contribution is 2.26. The maximum atomic E-state index is 12.1. The molecule has 8 heteroatoms. The number of nitrogens with zero attached hydrogens (tertiary/aromatic N) is 1. The molecule has 0 atom stereocenters. The van der Waals surface area contributed by atoms with E-state index in [1.54, 1.807) is 6.07 Å². The van der Waals surface area contributed by atoms with Crippen molar-refractivity contribution in [2.75, 3.05) is 44.9 Å². The average Bonchev–Trinajstić information content (AvgIpc) is 2.45. The van der Waals surface area contributed by atoms with Gasteiger partial charge in [-0.1, -0.05) is 0 Å². The van der Waals surface area contributed by atoms with Gasteiger partial charge in [-0.3, -0.25) is 4.79 Å². The lowest BCUT2D eigenvalue weighted by molar-refractivity contribution is -0.138. The molecule has 1 aromatic rings. The van der Waals surface area contributed by atoms with Crippen molar-refractivity contribution in [3.63, 3.8) is 0 Å². The molecular formula is C13H21N3O4S. The maximum absolute atomic E-state index is 12.1. The molecule has 0 amide bonds. The number of nitrogens with one attached hydrogen (secondary N) is 2. The number of carbonyl (C=O) groups is 1. The Morgan fingerprint density at radius 2 is 1.90 bits per heavy atom. The van der Waals surface area contributed by atoms with E-state index in [1.807, 2.05) is 6.92 Å². The van der Waals surface area contributed by atoms with Crippen molar-refractivity contribution in [1.29, 1.82) is 0 Å². The van der Waals surface area contributed by atoms with Gasteiger partial charge in [0.25, 0.3) is 0 Å². The summed E-state index contributed by atoms with van der Waals surface area (Å²) in [6.07, 6.45) is 0. The quantitative estimate of drug-likeness (QED) is 0.729. The number of carbonyl (C=O) groups excluding carboxylic acids is 1. The van der Waals surface area contributed by atoms with Crippen molar-refractivity contribution in [3.8, 4) is 0 Å². The first-order chi connectivity index (χ1) is 9.82. The van der Waals surface area contributed by atoms with Crippen molar-refractivity contribution in [2.45, 2.75) is 11.8 Å². The van der Waals surface area contributed by atoms with Crippen LogP contribution in [0, 0.1) is 0 Å². The van der Waals surface area contributed by atoms with Crippen molar-refractivity contribution >= 4 is 27.4 Å². The van der Waals surface area contributed by atoms with Gasteiger partial charge in [0.1, 0.15) is 6.54 Å². The summed E-state index contributed by atoms with van der Waals surface area (Å²) in [4.78, 5) is 11.4. The SMILES string of the molecule is CCNc1ccc(S(=O)(=O)N(C)C)cc1NCC(=O)OC. The summed E-state index contributed by atoms with van der Waals surface area (Å²) in [5.41, 5.74) is 1.25. The van der Waals surface area contributed by atoms with Crippen LogP contribution < -0.4 is 10.6 Å². The van der Waals surface area contributed by atoms with Crippen molar-refractivity contribution in [1.82, 2.24) is 4.31 Å². The molecule has 0 saturated heterocycles. The minimum atomic E-state index is -3.53. The third kappa shape index (κ3) is 4.33. The highest BCUT2D eigenvalue weighted by atomic mass is 32.2.